The van der Waals surface area contributed by atoms with Crippen LogP contribution in [0.15, 0.2) is 0 Å². The molecule has 0 radical (unpaired) electrons. The highest BCUT2D eigenvalue weighted by Gasteiger charge is 2.20. The predicted molar refractivity (Wildman–Crippen MR) is 69.4 cm³/mol. The van der Waals surface area contributed by atoms with Crippen molar-refractivity contribution < 1.29 is 14.3 Å². The summed E-state index contributed by atoms with van der Waals surface area (Å²) in [5.74, 6) is 1.01. The minimum absolute atomic E-state index is 0.245. The van der Waals surface area contributed by atoms with Crippen LogP contribution in [0.2, 0.25) is 0 Å². The van der Waals surface area contributed by atoms with Crippen LogP contribution in [-0.4, -0.2) is 49.8 Å². The summed E-state index contributed by atoms with van der Waals surface area (Å²) in [5.41, 5.74) is 0. The first-order valence-electron chi connectivity index (χ1n) is 7.23. The second-order valence-corrected chi connectivity index (χ2v) is 5.52. The number of nitrogens with zero attached hydrogens (tertiary/aromatic N) is 1. The van der Waals surface area contributed by atoms with Crippen LogP contribution in [0.4, 0.5) is 0 Å². The maximum atomic E-state index is 11.9. The van der Waals surface area contributed by atoms with Crippen LogP contribution in [0.3, 0.4) is 0 Å². The maximum absolute atomic E-state index is 11.9. The van der Waals surface area contributed by atoms with Gasteiger partial charge in [0.05, 0.1) is 25.7 Å². The molecular weight excluding hydrogens is 230 g/mol. The lowest BCUT2D eigenvalue weighted by Gasteiger charge is -2.30. The summed E-state index contributed by atoms with van der Waals surface area (Å²) < 4.78 is 11.0. The molecule has 0 bridgehead atoms. The van der Waals surface area contributed by atoms with Gasteiger partial charge < -0.3 is 14.4 Å². The minimum Gasteiger partial charge on any atom is -0.378 e. The van der Waals surface area contributed by atoms with Gasteiger partial charge in [-0.1, -0.05) is 6.92 Å². The third-order valence-corrected chi connectivity index (χ3v) is 3.92. The van der Waals surface area contributed by atoms with Crippen LogP contribution in [0.25, 0.3) is 0 Å². The molecule has 2 aliphatic heterocycles. The third kappa shape index (κ3) is 4.25. The topological polar surface area (TPSA) is 38.8 Å². The summed E-state index contributed by atoms with van der Waals surface area (Å²) in [6.45, 7) is 6.14. The number of likely N-dealkylation sites (tertiary alicyclic amines) is 1. The molecule has 2 rings (SSSR count). The molecule has 2 fully saturated rings. The van der Waals surface area contributed by atoms with Crippen molar-refractivity contribution in [1.29, 1.82) is 0 Å². The van der Waals surface area contributed by atoms with Crippen molar-refractivity contribution in [2.24, 2.45) is 5.92 Å². The van der Waals surface area contributed by atoms with Gasteiger partial charge in [0.15, 0.2) is 0 Å². The summed E-state index contributed by atoms with van der Waals surface area (Å²) in [6.07, 6.45) is 5.29. The van der Waals surface area contributed by atoms with E-state index in [2.05, 4.69) is 6.92 Å². The van der Waals surface area contributed by atoms with E-state index in [9.17, 15) is 4.79 Å². The molecule has 4 nitrogen and oxygen atoms in total. The van der Waals surface area contributed by atoms with Crippen molar-refractivity contribution in [1.82, 2.24) is 4.90 Å². The monoisotopic (exact) mass is 255 g/mol. The number of amides is 1. The summed E-state index contributed by atoms with van der Waals surface area (Å²) in [7, 11) is 0. The largest absolute Gasteiger partial charge is 0.378 e. The summed E-state index contributed by atoms with van der Waals surface area (Å²) >= 11 is 0. The van der Waals surface area contributed by atoms with E-state index in [-0.39, 0.29) is 12.0 Å². The van der Waals surface area contributed by atoms with E-state index in [1.165, 1.54) is 0 Å². The first-order chi connectivity index (χ1) is 8.75. The fourth-order valence-electron chi connectivity index (χ4n) is 2.57. The number of carbonyl (C=O) groups excluding carboxylic acids is 1. The van der Waals surface area contributed by atoms with Crippen LogP contribution in [0, 0.1) is 5.92 Å². The van der Waals surface area contributed by atoms with Gasteiger partial charge in [-0.25, -0.2) is 0 Å². The van der Waals surface area contributed by atoms with Crippen molar-refractivity contribution in [3.05, 3.63) is 0 Å². The molecule has 1 atom stereocenters. The van der Waals surface area contributed by atoms with Gasteiger partial charge in [0.1, 0.15) is 0 Å². The molecule has 0 spiro atoms. The highest BCUT2D eigenvalue weighted by molar-refractivity contribution is 5.76. The Hall–Kier alpha value is -0.610. The molecule has 0 saturated carbocycles. The molecule has 4 heteroatoms. The molecule has 18 heavy (non-hydrogen) atoms. The van der Waals surface area contributed by atoms with Crippen LogP contribution >= 0.6 is 0 Å². The van der Waals surface area contributed by atoms with Crippen molar-refractivity contribution in [3.8, 4) is 0 Å². The minimum atomic E-state index is 0.245. The Bertz CT molecular complexity index is 256. The smallest absolute Gasteiger partial charge is 0.224 e. The fourth-order valence-corrected chi connectivity index (χ4v) is 2.57. The quantitative estimate of drug-likeness (QED) is 0.704. The van der Waals surface area contributed by atoms with E-state index >= 15 is 0 Å². The third-order valence-electron chi connectivity index (χ3n) is 3.92. The van der Waals surface area contributed by atoms with Gasteiger partial charge in [0, 0.05) is 19.7 Å². The first-order valence-corrected chi connectivity index (χ1v) is 7.23. The number of hydrogen-bond acceptors (Lipinski definition) is 3. The lowest BCUT2D eigenvalue weighted by Crippen LogP contribution is -2.38. The highest BCUT2D eigenvalue weighted by atomic mass is 16.5. The lowest BCUT2D eigenvalue weighted by molar-refractivity contribution is -0.133. The summed E-state index contributed by atoms with van der Waals surface area (Å²) in [5, 5.41) is 0. The predicted octanol–water partition coefficient (Wildman–Crippen LogP) is 1.83. The average molecular weight is 255 g/mol. The van der Waals surface area contributed by atoms with Gasteiger partial charge in [0.25, 0.3) is 0 Å². The van der Waals surface area contributed by atoms with Crippen molar-refractivity contribution >= 4 is 5.91 Å². The van der Waals surface area contributed by atoms with Gasteiger partial charge >= 0.3 is 0 Å². The molecule has 0 aromatic rings. The highest BCUT2D eigenvalue weighted by Crippen LogP contribution is 2.16. The van der Waals surface area contributed by atoms with Crippen molar-refractivity contribution in [2.75, 3.05) is 32.9 Å². The lowest BCUT2D eigenvalue weighted by atomic mass is 9.99. The molecule has 2 heterocycles. The number of rotatable bonds is 5. The maximum Gasteiger partial charge on any atom is 0.224 e. The number of piperidine rings is 1. The number of ether oxygens (including phenoxy) is 2. The van der Waals surface area contributed by atoms with Crippen LogP contribution in [-0.2, 0) is 14.3 Å². The zero-order valence-electron chi connectivity index (χ0n) is 11.4. The van der Waals surface area contributed by atoms with Crippen molar-refractivity contribution in [3.63, 3.8) is 0 Å². The summed E-state index contributed by atoms with van der Waals surface area (Å²) in [6, 6.07) is 0. The molecule has 0 aromatic heterocycles. The van der Waals surface area contributed by atoms with Crippen molar-refractivity contribution in [2.45, 2.75) is 45.1 Å². The summed E-state index contributed by atoms with van der Waals surface area (Å²) in [4.78, 5) is 13.9. The second-order valence-electron chi connectivity index (χ2n) is 5.52. The number of hydrogen-bond donors (Lipinski definition) is 0. The van der Waals surface area contributed by atoms with Gasteiger partial charge in [-0.15, -0.1) is 0 Å². The van der Waals surface area contributed by atoms with E-state index in [0.717, 1.165) is 51.3 Å². The van der Waals surface area contributed by atoms with Gasteiger partial charge in [-0.05, 0) is 31.6 Å². The Labute approximate surface area is 110 Å². The Morgan fingerprint density at radius 2 is 2.11 bits per heavy atom. The Morgan fingerprint density at radius 3 is 2.78 bits per heavy atom. The molecule has 1 unspecified atom stereocenters. The molecule has 104 valence electrons. The van der Waals surface area contributed by atoms with Gasteiger partial charge in [-0.3, -0.25) is 4.79 Å². The van der Waals surface area contributed by atoms with Crippen LogP contribution in [0.1, 0.15) is 39.0 Å². The SMILES string of the molecule is CC1CCN(C(=O)CCOCC2CCCO2)CC1. The molecular formula is C14H25NO3. The first kappa shape index (κ1) is 13.8. The van der Waals surface area contributed by atoms with Crippen LogP contribution in [0.5, 0.6) is 0 Å². The van der Waals surface area contributed by atoms with E-state index in [1.54, 1.807) is 0 Å². The molecule has 0 aromatic carbocycles. The molecule has 0 aliphatic carbocycles. The normalized spacial score (nSPS) is 25.6. The number of carbonyl (C=O) groups is 1. The van der Waals surface area contributed by atoms with E-state index in [4.69, 9.17) is 9.47 Å². The molecule has 0 N–H and O–H groups in total. The standard InChI is InChI=1S/C14H25NO3/c1-12-4-7-15(8-5-12)14(16)6-10-17-11-13-3-2-9-18-13/h12-13H,2-11H2,1H3. The Kier molecular flexibility index (Phi) is 5.45. The molecule has 1 amide bonds. The Morgan fingerprint density at radius 1 is 1.33 bits per heavy atom. The van der Waals surface area contributed by atoms with Gasteiger partial charge in [-0.2, -0.15) is 0 Å². The van der Waals surface area contributed by atoms with Gasteiger partial charge in [0.2, 0.25) is 5.91 Å². The van der Waals surface area contributed by atoms with E-state index in [0.29, 0.717) is 19.6 Å². The van der Waals surface area contributed by atoms with E-state index in [1.807, 2.05) is 4.90 Å². The van der Waals surface area contributed by atoms with E-state index < -0.39 is 0 Å². The Balaban J connectivity index is 1.54. The fraction of sp³-hybridized carbons (Fsp3) is 0.929. The van der Waals surface area contributed by atoms with Crippen LogP contribution < -0.4 is 0 Å². The average Bonchev–Trinajstić information content (AvgIpc) is 2.88. The zero-order valence-corrected chi connectivity index (χ0v) is 11.4. The second kappa shape index (κ2) is 7.10. The molecule has 2 saturated heterocycles. The zero-order chi connectivity index (χ0) is 12.8. The molecule has 2 aliphatic rings.